The summed E-state index contributed by atoms with van der Waals surface area (Å²) in [5.74, 6) is -0.387. The summed E-state index contributed by atoms with van der Waals surface area (Å²) in [6, 6.07) is 0. The van der Waals surface area contributed by atoms with Gasteiger partial charge in [-0.05, 0) is 69.8 Å². The van der Waals surface area contributed by atoms with E-state index in [9.17, 15) is 9.59 Å². The van der Waals surface area contributed by atoms with Crippen LogP contribution in [0.15, 0.2) is 11.2 Å². The zero-order valence-electron chi connectivity index (χ0n) is 20.4. The van der Waals surface area contributed by atoms with Gasteiger partial charge in [0.15, 0.2) is 0 Å². The van der Waals surface area contributed by atoms with Gasteiger partial charge >= 0.3 is 0 Å². The first kappa shape index (κ1) is 25.8. The summed E-state index contributed by atoms with van der Waals surface area (Å²) in [6.45, 7) is 15.1. The number of nitrogens with one attached hydrogen (secondary N) is 1. The third-order valence-corrected chi connectivity index (χ3v) is 8.42. The van der Waals surface area contributed by atoms with E-state index < -0.39 is 10.8 Å². The quantitative estimate of drug-likeness (QED) is 0.586. The number of carbonyl (C=O) groups excluding carboxylic acids is 2. The fourth-order valence-corrected chi connectivity index (χ4v) is 5.34. The number of aliphatic hydroxyl groups is 1. The molecule has 0 unspecified atom stereocenters. The smallest absolute Gasteiger partial charge is 0.253 e. The van der Waals surface area contributed by atoms with Gasteiger partial charge in [0.1, 0.15) is 4.67 Å². The van der Waals surface area contributed by atoms with Crippen LogP contribution >= 0.6 is 11.5 Å². The largest absolute Gasteiger partial charge is 0.396 e. The highest BCUT2D eigenvalue weighted by molar-refractivity contribution is 7.04. The molecule has 6 nitrogen and oxygen atoms in total. The number of nitrogens with zero attached hydrogens (tertiary/aromatic N) is 2. The molecule has 31 heavy (non-hydrogen) atoms. The molecule has 1 saturated carbocycles. The highest BCUT2D eigenvalue weighted by Gasteiger charge is 2.58. The molecular formula is C24H41N3O3S. The Morgan fingerprint density at radius 1 is 1.29 bits per heavy atom. The van der Waals surface area contributed by atoms with Crippen molar-refractivity contribution in [3.8, 4) is 0 Å². The monoisotopic (exact) mass is 451 g/mol. The van der Waals surface area contributed by atoms with Crippen molar-refractivity contribution in [1.29, 1.82) is 0 Å². The lowest BCUT2D eigenvalue weighted by atomic mass is 9.65. The second kappa shape index (κ2) is 9.99. The zero-order chi connectivity index (χ0) is 23.4. The van der Waals surface area contributed by atoms with Crippen LogP contribution < -0.4 is 9.99 Å². The van der Waals surface area contributed by atoms with Gasteiger partial charge in [-0.15, -0.1) is 0 Å². The normalized spacial score (nSPS) is 23.9. The van der Waals surface area contributed by atoms with Crippen molar-refractivity contribution >= 4 is 23.3 Å². The molecule has 0 aromatic carbocycles. The third kappa shape index (κ3) is 5.48. The Labute approximate surface area is 191 Å². The Morgan fingerprint density at radius 2 is 1.97 bits per heavy atom. The van der Waals surface area contributed by atoms with E-state index in [0.29, 0.717) is 25.8 Å². The van der Waals surface area contributed by atoms with Crippen molar-refractivity contribution in [2.24, 2.45) is 21.7 Å². The van der Waals surface area contributed by atoms with E-state index in [1.165, 1.54) is 0 Å². The van der Waals surface area contributed by atoms with Crippen molar-refractivity contribution in [3.05, 3.63) is 16.4 Å². The van der Waals surface area contributed by atoms with E-state index in [4.69, 9.17) is 5.11 Å². The van der Waals surface area contributed by atoms with Gasteiger partial charge in [0, 0.05) is 36.4 Å². The molecule has 0 spiro atoms. The topological polar surface area (TPSA) is 83.7 Å². The lowest BCUT2D eigenvalue weighted by Gasteiger charge is -2.38. The summed E-state index contributed by atoms with van der Waals surface area (Å²) in [5, 5.41) is 11.9. The summed E-state index contributed by atoms with van der Waals surface area (Å²) in [7, 11) is 0. The fraction of sp³-hybridized carbons (Fsp3) is 0.792. The van der Waals surface area contributed by atoms with Gasteiger partial charge in [0.05, 0.1) is 5.41 Å². The van der Waals surface area contributed by atoms with Crippen molar-refractivity contribution in [3.63, 3.8) is 0 Å². The SMILES string of the molecule is CCCCc1cn(C(C)(C)C)sc1=NC(=O)[C@@]1(C)CC[C@@H](C(=O)NCCCO)C1(C)C. The summed E-state index contributed by atoms with van der Waals surface area (Å²) in [5.41, 5.74) is -0.119. The van der Waals surface area contributed by atoms with Crippen LogP contribution in [0.25, 0.3) is 0 Å². The Bertz CT molecular complexity index is 847. The predicted octanol–water partition coefficient (Wildman–Crippen LogP) is 4.02. The van der Waals surface area contributed by atoms with E-state index in [0.717, 1.165) is 29.5 Å². The number of unbranched alkanes of at least 4 members (excludes halogenated alkanes) is 1. The van der Waals surface area contributed by atoms with Crippen LogP contribution in [0.1, 0.15) is 86.1 Å². The number of rotatable bonds is 8. The molecule has 1 heterocycles. The van der Waals surface area contributed by atoms with E-state index >= 15 is 0 Å². The number of hydrogen-bond donors (Lipinski definition) is 2. The molecule has 176 valence electrons. The molecule has 2 amide bonds. The maximum atomic E-state index is 13.5. The average Bonchev–Trinajstić information content (AvgIpc) is 3.19. The number of carbonyl (C=O) groups is 2. The zero-order valence-corrected chi connectivity index (χ0v) is 21.2. The van der Waals surface area contributed by atoms with Crippen LogP contribution in [-0.4, -0.2) is 34.0 Å². The molecule has 0 aliphatic heterocycles. The summed E-state index contributed by atoms with van der Waals surface area (Å²) in [6.07, 6.45) is 7.08. The third-order valence-electron chi connectivity index (χ3n) is 7.05. The lowest BCUT2D eigenvalue weighted by Crippen LogP contribution is -2.45. The van der Waals surface area contributed by atoms with Crippen molar-refractivity contribution in [2.45, 2.75) is 92.5 Å². The maximum absolute atomic E-state index is 13.5. The van der Waals surface area contributed by atoms with Gasteiger partial charge in [-0.1, -0.05) is 34.1 Å². The number of aliphatic hydroxyl groups excluding tert-OH is 1. The van der Waals surface area contributed by atoms with E-state index in [2.05, 4.69) is 48.2 Å². The minimum atomic E-state index is -0.690. The minimum absolute atomic E-state index is 0.0275. The molecule has 2 atom stereocenters. The Hall–Kier alpha value is -1.47. The minimum Gasteiger partial charge on any atom is -0.396 e. The van der Waals surface area contributed by atoms with E-state index in [1.807, 2.05) is 20.8 Å². The molecule has 1 aromatic rings. The van der Waals surface area contributed by atoms with Gasteiger partial charge in [-0.3, -0.25) is 13.5 Å². The summed E-state index contributed by atoms with van der Waals surface area (Å²) >= 11 is 1.55. The number of amides is 2. The lowest BCUT2D eigenvalue weighted by molar-refractivity contribution is -0.136. The van der Waals surface area contributed by atoms with Crippen LogP contribution in [0, 0.1) is 16.7 Å². The summed E-state index contributed by atoms with van der Waals surface area (Å²) in [4.78, 5) is 30.9. The molecule has 2 rings (SSSR count). The molecule has 1 aromatic heterocycles. The molecule has 1 aliphatic rings. The van der Waals surface area contributed by atoms with Crippen LogP contribution in [0.2, 0.25) is 0 Å². The molecule has 0 saturated heterocycles. The Balaban J connectivity index is 2.34. The number of aryl methyl sites for hydroxylation is 1. The van der Waals surface area contributed by atoms with Gasteiger partial charge in [0.2, 0.25) is 5.91 Å². The average molecular weight is 452 g/mol. The molecule has 0 radical (unpaired) electrons. The van der Waals surface area contributed by atoms with Gasteiger partial charge in [-0.25, -0.2) is 4.99 Å². The van der Waals surface area contributed by atoms with E-state index in [-0.39, 0.29) is 29.9 Å². The second-order valence-corrected chi connectivity index (χ2v) is 11.5. The first-order chi connectivity index (χ1) is 14.4. The highest BCUT2D eigenvalue weighted by atomic mass is 32.1. The maximum Gasteiger partial charge on any atom is 0.253 e. The van der Waals surface area contributed by atoms with Crippen LogP contribution in [-0.2, 0) is 21.5 Å². The molecular weight excluding hydrogens is 410 g/mol. The highest BCUT2D eigenvalue weighted by Crippen LogP contribution is 2.56. The van der Waals surface area contributed by atoms with E-state index in [1.54, 1.807) is 11.5 Å². The molecule has 1 fully saturated rings. The molecule has 1 aliphatic carbocycles. The van der Waals surface area contributed by atoms with Crippen molar-refractivity contribution in [2.75, 3.05) is 13.2 Å². The first-order valence-corrected chi connectivity index (χ1v) is 12.4. The molecule has 7 heteroatoms. The predicted molar refractivity (Wildman–Crippen MR) is 126 cm³/mol. The van der Waals surface area contributed by atoms with Gasteiger partial charge in [0.25, 0.3) is 5.91 Å². The number of aromatic nitrogens is 1. The van der Waals surface area contributed by atoms with Crippen LogP contribution in [0.3, 0.4) is 0 Å². The molecule has 0 bridgehead atoms. The van der Waals surface area contributed by atoms with Crippen LogP contribution in [0.4, 0.5) is 0 Å². The van der Waals surface area contributed by atoms with Gasteiger partial charge < -0.3 is 10.4 Å². The van der Waals surface area contributed by atoms with Crippen molar-refractivity contribution in [1.82, 2.24) is 9.27 Å². The number of hydrogen-bond acceptors (Lipinski definition) is 4. The Kier molecular flexibility index (Phi) is 8.31. The Morgan fingerprint density at radius 3 is 2.55 bits per heavy atom. The van der Waals surface area contributed by atoms with Crippen LogP contribution in [0.5, 0.6) is 0 Å². The van der Waals surface area contributed by atoms with Gasteiger partial charge in [-0.2, -0.15) is 0 Å². The fourth-order valence-electron chi connectivity index (χ4n) is 4.31. The second-order valence-electron chi connectivity index (χ2n) is 10.6. The first-order valence-electron chi connectivity index (χ1n) is 11.6. The summed E-state index contributed by atoms with van der Waals surface area (Å²) < 4.78 is 2.99. The standard InChI is InChI=1S/C24H41N3O3S/c1-8-9-11-17-16-27(22(2,3)4)31-20(17)26-21(30)24(7)13-12-18(23(24,5)6)19(29)25-14-10-15-28/h16,18,28H,8-15H2,1-7H3,(H,25,29)/t18-,24+/m0/s1. The molecule has 2 N–H and O–H groups in total. The van der Waals surface area contributed by atoms with Crippen molar-refractivity contribution < 1.29 is 14.7 Å².